The Morgan fingerprint density at radius 1 is 1.37 bits per heavy atom. The van der Waals surface area contributed by atoms with E-state index in [1.165, 1.54) is 6.07 Å². The van der Waals surface area contributed by atoms with E-state index in [9.17, 15) is 31.6 Å². The third kappa shape index (κ3) is 4.50. The van der Waals surface area contributed by atoms with Gasteiger partial charge in [0.25, 0.3) is 0 Å². The molecule has 0 unspecified atom stereocenters. The van der Waals surface area contributed by atoms with E-state index in [1.807, 2.05) is 6.07 Å². The van der Waals surface area contributed by atoms with Crippen LogP contribution in [0.5, 0.6) is 0 Å². The van der Waals surface area contributed by atoms with E-state index in [-0.39, 0.29) is 23.9 Å². The molecule has 2 aliphatic rings. The maximum absolute atomic E-state index is 13.5. The summed E-state index contributed by atoms with van der Waals surface area (Å²) in [5, 5.41) is 10.6. The number of halogens is 4. The second-order valence-corrected chi connectivity index (χ2v) is 10.7. The SMILES string of the molecule is CCO[C@@H]1C[C@H](S(=O)(=O)c2ccc(Br)cc2C(F)(F)F)C[C@H]1C(=O)NC1(C#N)CC1. The third-order valence-electron chi connectivity index (χ3n) is 5.50. The van der Waals surface area contributed by atoms with Gasteiger partial charge in [0.1, 0.15) is 5.54 Å². The average Bonchev–Trinajstić information content (AvgIpc) is 3.29. The van der Waals surface area contributed by atoms with Crippen LogP contribution in [0.15, 0.2) is 27.6 Å². The van der Waals surface area contributed by atoms with Gasteiger partial charge in [-0.1, -0.05) is 15.9 Å². The number of nitrogens with zero attached hydrogens (tertiary/aromatic N) is 1. The number of nitrogens with one attached hydrogen (secondary N) is 1. The number of hydrogen-bond donors (Lipinski definition) is 1. The van der Waals surface area contributed by atoms with Gasteiger partial charge in [-0.2, -0.15) is 18.4 Å². The molecule has 1 aromatic carbocycles. The predicted molar refractivity (Wildman–Crippen MR) is 104 cm³/mol. The highest BCUT2D eigenvalue weighted by Gasteiger charge is 2.51. The first-order valence-electron chi connectivity index (χ1n) is 9.39. The number of nitriles is 1. The van der Waals surface area contributed by atoms with E-state index in [0.29, 0.717) is 12.8 Å². The molecule has 0 aromatic heterocycles. The van der Waals surface area contributed by atoms with Crippen LogP contribution in [0.4, 0.5) is 13.2 Å². The number of amides is 1. The van der Waals surface area contributed by atoms with Crippen molar-refractivity contribution in [1.29, 1.82) is 5.26 Å². The van der Waals surface area contributed by atoms with Gasteiger partial charge in [0, 0.05) is 11.1 Å². The number of benzene rings is 1. The second kappa shape index (κ2) is 8.13. The maximum atomic E-state index is 13.5. The molecule has 0 bridgehead atoms. The Labute approximate surface area is 180 Å². The van der Waals surface area contributed by atoms with Crippen LogP contribution in [-0.2, 0) is 25.5 Å². The van der Waals surface area contributed by atoms with Gasteiger partial charge in [0.05, 0.1) is 33.8 Å². The Balaban J connectivity index is 1.90. The molecule has 3 rings (SSSR count). The summed E-state index contributed by atoms with van der Waals surface area (Å²) in [6.07, 6.45) is -4.86. The van der Waals surface area contributed by atoms with Gasteiger partial charge >= 0.3 is 6.18 Å². The first-order chi connectivity index (χ1) is 13.9. The number of alkyl halides is 3. The van der Waals surface area contributed by atoms with Crippen LogP contribution in [-0.4, -0.2) is 37.8 Å². The van der Waals surface area contributed by atoms with E-state index in [0.717, 1.165) is 12.1 Å². The zero-order valence-electron chi connectivity index (χ0n) is 16.0. The Morgan fingerprint density at radius 2 is 2.03 bits per heavy atom. The molecule has 2 saturated carbocycles. The molecule has 0 heterocycles. The minimum absolute atomic E-state index is 0.0961. The molecule has 0 aliphatic heterocycles. The molecular formula is C19H20BrF3N2O4S. The minimum Gasteiger partial charge on any atom is -0.378 e. The van der Waals surface area contributed by atoms with E-state index in [2.05, 4.69) is 21.2 Å². The van der Waals surface area contributed by atoms with Crippen molar-refractivity contribution in [2.75, 3.05) is 6.61 Å². The van der Waals surface area contributed by atoms with Crippen LogP contribution in [0.3, 0.4) is 0 Å². The van der Waals surface area contributed by atoms with Gasteiger partial charge in [0.2, 0.25) is 5.91 Å². The molecule has 1 N–H and O–H groups in total. The molecule has 2 fully saturated rings. The highest BCUT2D eigenvalue weighted by Crippen LogP contribution is 2.42. The van der Waals surface area contributed by atoms with Gasteiger partial charge in [-0.3, -0.25) is 4.79 Å². The van der Waals surface area contributed by atoms with Gasteiger partial charge in [-0.05, 0) is 50.8 Å². The Bertz CT molecular complexity index is 986. The summed E-state index contributed by atoms with van der Waals surface area (Å²) >= 11 is 2.94. The number of hydrogen-bond acceptors (Lipinski definition) is 5. The number of sulfone groups is 1. The lowest BCUT2D eigenvalue weighted by atomic mass is 10.0. The number of rotatable bonds is 6. The maximum Gasteiger partial charge on any atom is 0.417 e. The monoisotopic (exact) mass is 508 g/mol. The van der Waals surface area contributed by atoms with Crippen LogP contribution in [0.25, 0.3) is 0 Å². The Kier molecular flexibility index (Phi) is 6.24. The smallest absolute Gasteiger partial charge is 0.378 e. The van der Waals surface area contributed by atoms with Crippen molar-refractivity contribution in [2.45, 2.75) is 60.6 Å². The van der Waals surface area contributed by atoms with E-state index in [1.54, 1.807) is 6.92 Å². The highest BCUT2D eigenvalue weighted by molar-refractivity contribution is 9.10. The van der Waals surface area contributed by atoms with E-state index >= 15 is 0 Å². The van der Waals surface area contributed by atoms with Gasteiger partial charge in [0.15, 0.2) is 9.84 Å². The van der Waals surface area contributed by atoms with Crippen LogP contribution in [0.2, 0.25) is 0 Å². The minimum atomic E-state index is -4.86. The molecule has 1 amide bonds. The van der Waals surface area contributed by atoms with Crippen molar-refractivity contribution >= 4 is 31.7 Å². The summed E-state index contributed by atoms with van der Waals surface area (Å²) in [6, 6.07) is 4.93. The average molecular weight is 509 g/mol. The van der Waals surface area contributed by atoms with Gasteiger partial charge in [-0.25, -0.2) is 8.42 Å². The van der Waals surface area contributed by atoms with E-state index in [4.69, 9.17) is 4.74 Å². The molecular weight excluding hydrogens is 489 g/mol. The molecule has 0 radical (unpaired) electrons. The first-order valence-corrected chi connectivity index (χ1v) is 11.7. The lowest BCUT2D eigenvalue weighted by Crippen LogP contribution is -2.42. The zero-order chi connectivity index (χ0) is 22.3. The molecule has 30 heavy (non-hydrogen) atoms. The second-order valence-electron chi connectivity index (χ2n) is 7.56. The predicted octanol–water partition coefficient (Wildman–Crippen LogP) is 3.60. The molecule has 11 heteroatoms. The van der Waals surface area contributed by atoms with Crippen LogP contribution >= 0.6 is 15.9 Å². The van der Waals surface area contributed by atoms with Crippen LogP contribution < -0.4 is 5.32 Å². The fourth-order valence-electron chi connectivity index (χ4n) is 3.75. The number of carbonyl (C=O) groups is 1. The third-order valence-corrected chi connectivity index (χ3v) is 8.22. The lowest BCUT2D eigenvalue weighted by molar-refractivity contribution is -0.140. The highest BCUT2D eigenvalue weighted by atomic mass is 79.9. The number of ether oxygens (including phenoxy) is 1. The summed E-state index contributed by atoms with van der Waals surface area (Å²) in [4.78, 5) is 11.9. The Hall–Kier alpha value is -1.64. The molecule has 0 saturated heterocycles. The molecule has 2 aliphatic carbocycles. The lowest BCUT2D eigenvalue weighted by Gasteiger charge is -2.20. The van der Waals surface area contributed by atoms with Crippen molar-refractivity contribution in [3.8, 4) is 6.07 Å². The summed E-state index contributed by atoms with van der Waals surface area (Å²) in [5.41, 5.74) is -2.18. The Morgan fingerprint density at radius 3 is 2.57 bits per heavy atom. The van der Waals surface area contributed by atoms with Crippen LogP contribution in [0.1, 0.15) is 38.2 Å². The van der Waals surface area contributed by atoms with Crippen molar-refractivity contribution in [3.05, 3.63) is 28.2 Å². The number of carbonyl (C=O) groups excluding carboxylic acids is 1. The summed E-state index contributed by atoms with van der Waals surface area (Å²) in [5.74, 6) is -1.36. The largest absolute Gasteiger partial charge is 0.417 e. The molecule has 0 spiro atoms. The molecule has 6 nitrogen and oxygen atoms in total. The van der Waals surface area contributed by atoms with Crippen molar-refractivity contribution in [3.63, 3.8) is 0 Å². The molecule has 1 aromatic rings. The summed E-state index contributed by atoms with van der Waals surface area (Å²) in [7, 11) is -4.39. The summed E-state index contributed by atoms with van der Waals surface area (Å²) < 4.78 is 72.3. The normalized spacial score (nSPS) is 25.5. The van der Waals surface area contributed by atoms with Crippen molar-refractivity contribution in [2.24, 2.45) is 5.92 Å². The van der Waals surface area contributed by atoms with Crippen molar-refractivity contribution in [1.82, 2.24) is 5.32 Å². The van der Waals surface area contributed by atoms with Crippen molar-refractivity contribution < 1.29 is 31.1 Å². The van der Waals surface area contributed by atoms with Crippen LogP contribution in [0, 0.1) is 17.2 Å². The van der Waals surface area contributed by atoms with Gasteiger partial charge < -0.3 is 10.1 Å². The fraction of sp³-hybridized carbons (Fsp3) is 0.579. The fourth-order valence-corrected chi connectivity index (χ4v) is 6.11. The standard InChI is InChI=1S/C19H20BrF3N2O4S/c1-2-29-15-9-12(8-13(15)17(26)25-18(10-24)5-6-18)30(27,28)16-4-3-11(20)7-14(16)19(21,22)23/h3-4,7,12-13,15H,2,5-6,8-9H2,1H3,(H,25,26)/t12-,13-,15-/m1/s1. The summed E-state index contributed by atoms with van der Waals surface area (Å²) in [6.45, 7) is 1.90. The molecule has 3 atom stereocenters. The quantitative estimate of drug-likeness (QED) is 0.633. The van der Waals surface area contributed by atoms with Gasteiger partial charge in [-0.15, -0.1) is 0 Å². The molecule has 164 valence electrons. The zero-order valence-corrected chi connectivity index (χ0v) is 18.4. The first kappa shape index (κ1) is 23.0. The topological polar surface area (TPSA) is 96.3 Å². The van der Waals surface area contributed by atoms with E-state index < -0.39 is 55.2 Å².